The summed E-state index contributed by atoms with van der Waals surface area (Å²) >= 11 is 0. The average Bonchev–Trinajstić information content (AvgIpc) is 3.14. The summed E-state index contributed by atoms with van der Waals surface area (Å²) in [5.41, 5.74) is -0.510. The third-order valence-electron chi connectivity index (χ3n) is 4.92. The Morgan fingerprint density at radius 3 is 2.56 bits per heavy atom. The van der Waals surface area contributed by atoms with Crippen molar-refractivity contribution in [2.24, 2.45) is 5.92 Å². The van der Waals surface area contributed by atoms with Gasteiger partial charge in [0.1, 0.15) is 0 Å². The first-order valence-corrected chi connectivity index (χ1v) is 7.55. The molecule has 0 radical (unpaired) electrons. The number of nitrogens with zero attached hydrogens (tertiary/aromatic N) is 2. The van der Waals surface area contributed by atoms with Gasteiger partial charge in [-0.25, -0.2) is 0 Å². The van der Waals surface area contributed by atoms with Crippen molar-refractivity contribution in [3.05, 3.63) is 0 Å². The first kappa shape index (κ1) is 12.9. The van der Waals surface area contributed by atoms with Crippen LogP contribution in [0.25, 0.3) is 0 Å². The lowest BCUT2D eigenvalue weighted by molar-refractivity contribution is -0.0647. The second kappa shape index (κ2) is 5.08. The molecule has 0 spiro atoms. The number of hydrogen-bond donors (Lipinski definition) is 2. The molecule has 3 rings (SSSR count). The molecule has 3 fully saturated rings. The lowest BCUT2D eigenvalue weighted by Crippen LogP contribution is -2.63. The predicted molar refractivity (Wildman–Crippen MR) is 72.6 cm³/mol. The van der Waals surface area contributed by atoms with E-state index < -0.39 is 5.60 Å². The summed E-state index contributed by atoms with van der Waals surface area (Å²) in [7, 11) is 0. The normalized spacial score (nSPS) is 40.0. The summed E-state index contributed by atoms with van der Waals surface area (Å²) in [4.78, 5) is 5.11. The van der Waals surface area contributed by atoms with E-state index in [1.807, 2.05) is 6.92 Å². The summed E-state index contributed by atoms with van der Waals surface area (Å²) in [6.45, 7) is 9.82. The van der Waals surface area contributed by atoms with Gasteiger partial charge in [-0.15, -0.1) is 0 Å². The Kier molecular flexibility index (Phi) is 3.63. The Morgan fingerprint density at radius 1 is 1.22 bits per heavy atom. The Bertz CT molecular complexity index is 283. The maximum Gasteiger partial charge on any atom is 0.0798 e. The predicted octanol–water partition coefficient (Wildman–Crippen LogP) is 0.127. The van der Waals surface area contributed by atoms with E-state index in [0.717, 1.165) is 38.5 Å². The van der Waals surface area contributed by atoms with E-state index in [1.165, 1.54) is 32.5 Å². The van der Waals surface area contributed by atoms with Gasteiger partial charge in [0, 0.05) is 39.3 Å². The maximum absolute atomic E-state index is 10.5. The summed E-state index contributed by atoms with van der Waals surface area (Å²) < 4.78 is 0. The number of aliphatic hydroxyl groups is 1. The van der Waals surface area contributed by atoms with Gasteiger partial charge in [0.25, 0.3) is 0 Å². The van der Waals surface area contributed by atoms with Gasteiger partial charge in [-0.3, -0.25) is 4.90 Å². The second-order valence-electron chi connectivity index (χ2n) is 6.61. The van der Waals surface area contributed by atoms with Crippen molar-refractivity contribution >= 4 is 0 Å². The standard InChI is InChI=1S/C14H27N3O/c1-14(18)4-5-15-10-13(14)17-8-6-16(7-9-17)11-12-2-3-12/h12-13,15,18H,2-11H2,1H3. The highest BCUT2D eigenvalue weighted by molar-refractivity contribution is 4.96. The van der Waals surface area contributed by atoms with Gasteiger partial charge in [0.2, 0.25) is 0 Å². The minimum atomic E-state index is -0.510. The molecule has 2 atom stereocenters. The Labute approximate surface area is 110 Å². The number of rotatable bonds is 3. The van der Waals surface area contributed by atoms with Crippen molar-refractivity contribution in [1.82, 2.24) is 15.1 Å². The monoisotopic (exact) mass is 253 g/mol. The molecule has 3 aliphatic rings. The quantitative estimate of drug-likeness (QED) is 0.750. The van der Waals surface area contributed by atoms with Crippen LogP contribution in [-0.2, 0) is 0 Å². The van der Waals surface area contributed by atoms with Crippen molar-refractivity contribution in [2.75, 3.05) is 45.8 Å². The highest BCUT2D eigenvalue weighted by Crippen LogP contribution is 2.30. The van der Waals surface area contributed by atoms with Gasteiger partial charge < -0.3 is 15.3 Å². The number of piperazine rings is 1. The molecule has 2 heterocycles. The van der Waals surface area contributed by atoms with Crippen LogP contribution in [0.1, 0.15) is 26.2 Å². The molecule has 0 amide bonds. The van der Waals surface area contributed by atoms with Crippen LogP contribution in [0.15, 0.2) is 0 Å². The van der Waals surface area contributed by atoms with Crippen molar-refractivity contribution in [2.45, 2.75) is 37.8 Å². The smallest absolute Gasteiger partial charge is 0.0798 e. The molecule has 0 aromatic heterocycles. The first-order chi connectivity index (χ1) is 8.65. The largest absolute Gasteiger partial charge is 0.388 e. The van der Waals surface area contributed by atoms with Crippen LogP contribution in [0.3, 0.4) is 0 Å². The maximum atomic E-state index is 10.5. The van der Waals surface area contributed by atoms with Crippen LogP contribution in [0.4, 0.5) is 0 Å². The minimum Gasteiger partial charge on any atom is -0.388 e. The molecule has 104 valence electrons. The molecular weight excluding hydrogens is 226 g/mol. The Hall–Kier alpha value is -0.160. The van der Waals surface area contributed by atoms with Gasteiger partial charge in [0.05, 0.1) is 11.6 Å². The topological polar surface area (TPSA) is 38.7 Å². The zero-order valence-corrected chi connectivity index (χ0v) is 11.6. The molecule has 0 bridgehead atoms. The lowest BCUT2D eigenvalue weighted by atomic mass is 9.88. The molecular formula is C14H27N3O. The van der Waals surface area contributed by atoms with E-state index in [-0.39, 0.29) is 0 Å². The number of hydrogen-bond acceptors (Lipinski definition) is 4. The third kappa shape index (κ3) is 2.87. The number of piperidine rings is 1. The summed E-state index contributed by atoms with van der Waals surface area (Å²) in [6.07, 6.45) is 3.77. The molecule has 0 aromatic rings. The molecule has 4 heteroatoms. The van der Waals surface area contributed by atoms with Crippen molar-refractivity contribution in [3.63, 3.8) is 0 Å². The van der Waals surface area contributed by atoms with Crippen LogP contribution >= 0.6 is 0 Å². The molecule has 1 saturated carbocycles. The van der Waals surface area contributed by atoms with Crippen LogP contribution in [0.2, 0.25) is 0 Å². The molecule has 2 saturated heterocycles. The number of nitrogens with one attached hydrogen (secondary N) is 1. The highest BCUT2D eigenvalue weighted by Gasteiger charge is 2.39. The van der Waals surface area contributed by atoms with Gasteiger partial charge in [-0.2, -0.15) is 0 Å². The fourth-order valence-electron chi connectivity index (χ4n) is 3.41. The van der Waals surface area contributed by atoms with E-state index in [1.54, 1.807) is 0 Å². The van der Waals surface area contributed by atoms with Crippen molar-refractivity contribution in [1.29, 1.82) is 0 Å². The summed E-state index contributed by atoms with van der Waals surface area (Å²) in [5.74, 6) is 0.996. The van der Waals surface area contributed by atoms with Gasteiger partial charge in [-0.1, -0.05) is 0 Å². The lowest BCUT2D eigenvalue weighted by Gasteiger charge is -2.47. The Balaban J connectivity index is 1.51. The van der Waals surface area contributed by atoms with E-state index in [4.69, 9.17) is 0 Å². The van der Waals surface area contributed by atoms with Crippen LogP contribution in [0, 0.1) is 5.92 Å². The Morgan fingerprint density at radius 2 is 1.94 bits per heavy atom. The molecule has 4 nitrogen and oxygen atoms in total. The summed E-state index contributed by atoms with van der Waals surface area (Å²) in [6, 6.07) is 0.300. The zero-order chi connectivity index (χ0) is 12.6. The minimum absolute atomic E-state index is 0.300. The van der Waals surface area contributed by atoms with E-state index >= 15 is 0 Å². The average molecular weight is 253 g/mol. The highest BCUT2D eigenvalue weighted by atomic mass is 16.3. The van der Waals surface area contributed by atoms with Gasteiger partial charge in [-0.05, 0) is 38.6 Å². The summed E-state index contributed by atoms with van der Waals surface area (Å²) in [5, 5.41) is 13.9. The molecule has 0 aromatic carbocycles. The van der Waals surface area contributed by atoms with Crippen LogP contribution in [-0.4, -0.2) is 72.4 Å². The fourth-order valence-corrected chi connectivity index (χ4v) is 3.41. The van der Waals surface area contributed by atoms with Gasteiger partial charge in [0.15, 0.2) is 0 Å². The first-order valence-electron chi connectivity index (χ1n) is 7.55. The molecule has 2 N–H and O–H groups in total. The van der Waals surface area contributed by atoms with Crippen LogP contribution < -0.4 is 5.32 Å². The SMILES string of the molecule is CC1(O)CCNCC1N1CCN(CC2CC2)CC1. The van der Waals surface area contributed by atoms with E-state index in [0.29, 0.717) is 6.04 Å². The third-order valence-corrected chi connectivity index (χ3v) is 4.92. The molecule has 1 aliphatic carbocycles. The van der Waals surface area contributed by atoms with Crippen LogP contribution in [0.5, 0.6) is 0 Å². The van der Waals surface area contributed by atoms with Crippen molar-refractivity contribution in [3.8, 4) is 0 Å². The van der Waals surface area contributed by atoms with E-state index in [2.05, 4.69) is 15.1 Å². The van der Waals surface area contributed by atoms with Gasteiger partial charge >= 0.3 is 0 Å². The molecule has 2 aliphatic heterocycles. The van der Waals surface area contributed by atoms with E-state index in [9.17, 15) is 5.11 Å². The molecule has 2 unspecified atom stereocenters. The van der Waals surface area contributed by atoms with Crippen molar-refractivity contribution < 1.29 is 5.11 Å². The fraction of sp³-hybridized carbons (Fsp3) is 1.00. The second-order valence-corrected chi connectivity index (χ2v) is 6.61. The zero-order valence-electron chi connectivity index (χ0n) is 11.6. The molecule has 18 heavy (non-hydrogen) atoms.